The molecule has 2 amide bonds. The number of carbonyl (C=O) groups excluding carboxylic acids is 3. The Hall–Kier alpha value is -2.54. The van der Waals surface area contributed by atoms with Gasteiger partial charge in [-0.1, -0.05) is 11.6 Å². The SMILES string of the molecule is Cc1c(C(=O)OCC(=O)N2CCC[C@@H](C(N)=O)C2)oc2ccc(Cl)cc12. The first kappa shape index (κ1) is 18.3. The molecule has 2 aromatic rings. The third kappa shape index (κ3) is 3.67. The van der Waals surface area contributed by atoms with E-state index in [2.05, 4.69) is 0 Å². The number of primary amides is 1. The second kappa shape index (κ2) is 7.37. The number of halogens is 1. The molecule has 1 aliphatic rings. The van der Waals surface area contributed by atoms with E-state index >= 15 is 0 Å². The molecule has 2 N–H and O–H groups in total. The second-order valence-corrected chi connectivity index (χ2v) is 6.79. The summed E-state index contributed by atoms with van der Waals surface area (Å²) in [6.45, 7) is 2.08. The Bertz CT molecular complexity index is 876. The van der Waals surface area contributed by atoms with E-state index < -0.39 is 18.5 Å². The van der Waals surface area contributed by atoms with Crippen LogP contribution in [-0.4, -0.2) is 42.4 Å². The molecule has 1 saturated heterocycles. The Kier molecular flexibility index (Phi) is 5.18. The van der Waals surface area contributed by atoms with Gasteiger partial charge in [-0.2, -0.15) is 0 Å². The second-order valence-electron chi connectivity index (χ2n) is 6.35. The van der Waals surface area contributed by atoms with Crippen molar-refractivity contribution in [3.8, 4) is 0 Å². The molecule has 0 radical (unpaired) electrons. The molecule has 1 aromatic heterocycles. The molecule has 1 aliphatic heterocycles. The number of esters is 1. The van der Waals surface area contributed by atoms with Crippen molar-refractivity contribution >= 4 is 40.4 Å². The highest BCUT2D eigenvalue weighted by Crippen LogP contribution is 2.28. The molecule has 0 saturated carbocycles. The van der Waals surface area contributed by atoms with E-state index in [1.54, 1.807) is 25.1 Å². The number of benzene rings is 1. The van der Waals surface area contributed by atoms with Crippen LogP contribution in [0.15, 0.2) is 22.6 Å². The van der Waals surface area contributed by atoms with E-state index in [0.717, 1.165) is 5.39 Å². The quantitative estimate of drug-likeness (QED) is 0.822. The first-order valence-corrected chi connectivity index (χ1v) is 8.67. The van der Waals surface area contributed by atoms with Crippen LogP contribution < -0.4 is 5.73 Å². The molecule has 0 aliphatic carbocycles. The number of aryl methyl sites for hydroxylation is 1. The number of likely N-dealkylation sites (tertiary alicyclic amines) is 1. The van der Waals surface area contributed by atoms with E-state index in [9.17, 15) is 14.4 Å². The van der Waals surface area contributed by atoms with Crippen LogP contribution in [-0.2, 0) is 14.3 Å². The summed E-state index contributed by atoms with van der Waals surface area (Å²) in [6.07, 6.45) is 1.36. The summed E-state index contributed by atoms with van der Waals surface area (Å²) >= 11 is 5.96. The molecular weight excluding hydrogens is 360 g/mol. The summed E-state index contributed by atoms with van der Waals surface area (Å²) < 4.78 is 10.6. The van der Waals surface area contributed by atoms with Crippen LogP contribution in [0.1, 0.15) is 29.0 Å². The molecule has 8 heteroatoms. The molecule has 0 spiro atoms. The zero-order chi connectivity index (χ0) is 18.8. The van der Waals surface area contributed by atoms with Gasteiger partial charge in [-0.25, -0.2) is 4.79 Å². The topological polar surface area (TPSA) is 103 Å². The number of furan rings is 1. The Morgan fingerprint density at radius 2 is 2.15 bits per heavy atom. The van der Waals surface area contributed by atoms with Crippen LogP contribution in [0.5, 0.6) is 0 Å². The molecule has 1 atom stereocenters. The lowest BCUT2D eigenvalue weighted by Gasteiger charge is -2.30. The zero-order valence-corrected chi connectivity index (χ0v) is 15.0. The van der Waals surface area contributed by atoms with Crippen LogP contribution in [0.2, 0.25) is 5.02 Å². The maximum atomic E-state index is 12.3. The highest BCUT2D eigenvalue weighted by Gasteiger charge is 2.28. The van der Waals surface area contributed by atoms with Crippen molar-refractivity contribution in [1.82, 2.24) is 4.90 Å². The molecule has 3 rings (SSSR count). The fourth-order valence-electron chi connectivity index (χ4n) is 3.11. The van der Waals surface area contributed by atoms with Gasteiger partial charge in [0.25, 0.3) is 5.91 Å². The first-order chi connectivity index (χ1) is 12.4. The van der Waals surface area contributed by atoms with Crippen molar-refractivity contribution in [2.45, 2.75) is 19.8 Å². The first-order valence-electron chi connectivity index (χ1n) is 8.29. The number of nitrogens with zero attached hydrogens (tertiary/aromatic N) is 1. The van der Waals surface area contributed by atoms with Gasteiger partial charge in [0.15, 0.2) is 6.61 Å². The fraction of sp³-hybridized carbons (Fsp3) is 0.389. The van der Waals surface area contributed by atoms with E-state index in [0.29, 0.717) is 35.6 Å². The van der Waals surface area contributed by atoms with E-state index in [4.69, 9.17) is 26.5 Å². The summed E-state index contributed by atoms with van der Waals surface area (Å²) in [5.41, 5.74) is 6.43. The van der Waals surface area contributed by atoms with Gasteiger partial charge in [-0.15, -0.1) is 0 Å². The number of rotatable bonds is 4. The lowest BCUT2D eigenvalue weighted by molar-refractivity contribution is -0.137. The van der Waals surface area contributed by atoms with Gasteiger partial charge in [0.1, 0.15) is 5.58 Å². The summed E-state index contributed by atoms with van der Waals surface area (Å²) in [7, 11) is 0. The molecule has 0 unspecified atom stereocenters. The van der Waals surface area contributed by atoms with Gasteiger partial charge < -0.3 is 19.8 Å². The van der Waals surface area contributed by atoms with Gasteiger partial charge in [0, 0.05) is 29.1 Å². The molecule has 26 heavy (non-hydrogen) atoms. The largest absolute Gasteiger partial charge is 0.450 e. The lowest BCUT2D eigenvalue weighted by Crippen LogP contribution is -2.45. The van der Waals surface area contributed by atoms with Gasteiger partial charge >= 0.3 is 5.97 Å². The third-order valence-electron chi connectivity index (χ3n) is 4.59. The number of fused-ring (bicyclic) bond motifs is 1. The minimum absolute atomic E-state index is 0.0451. The molecule has 0 bridgehead atoms. The predicted octanol–water partition coefficient (Wildman–Crippen LogP) is 2.28. The number of nitrogens with two attached hydrogens (primary N) is 1. The molecular formula is C18H19ClN2O5. The number of amides is 2. The molecule has 1 fully saturated rings. The van der Waals surface area contributed by atoms with Crippen LogP contribution in [0.25, 0.3) is 11.0 Å². The van der Waals surface area contributed by atoms with Gasteiger partial charge in [-0.3, -0.25) is 9.59 Å². The maximum absolute atomic E-state index is 12.3. The van der Waals surface area contributed by atoms with Crippen molar-refractivity contribution in [2.75, 3.05) is 19.7 Å². The average Bonchev–Trinajstić information content (AvgIpc) is 2.96. The summed E-state index contributed by atoms with van der Waals surface area (Å²) in [5, 5.41) is 1.25. The summed E-state index contributed by atoms with van der Waals surface area (Å²) in [5.74, 6) is -1.81. The fourth-order valence-corrected chi connectivity index (χ4v) is 3.28. The van der Waals surface area contributed by atoms with E-state index in [1.165, 1.54) is 4.90 Å². The number of carbonyl (C=O) groups is 3. The minimum atomic E-state index is -0.716. The maximum Gasteiger partial charge on any atom is 0.375 e. The van der Waals surface area contributed by atoms with E-state index in [-0.39, 0.29) is 24.1 Å². The number of ether oxygens (including phenoxy) is 1. The smallest absolute Gasteiger partial charge is 0.375 e. The Labute approximate surface area is 155 Å². The zero-order valence-electron chi connectivity index (χ0n) is 14.3. The Balaban J connectivity index is 1.64. The molecule has 138 valence electrons. The number of hydrogen-bond acceptors (Lipinski definition) is 5. The van der Waals surface area contributed by atoms with Gasteiger partial charge in [-0.05, 0) is 38.0 Å². The highest BCUT2D eigenvalue weighted by atomic mass is 35.5. The van der Waals surface area contributed by atoms with Crippen LogP contribution in [0.3, 0.4) is 0 Å². The van der Waals surface area contributed by atoms with Crippen LogP contribution in [0.4, 0.5) is 0 Å². The summed E-state index contributed by atoms with van der Waals surface area (Å²) in [4.78, 5) is 37.3. The van der Waals surface area contributed by atoms with Gasteiger partial charge in [0.2, 0.25) is 11.7 Å². The predicted molar refractivity (Wildman–Crippen MR) is 94.7 cm³/mol. The molecule has 2 heterocycles. The Morgan fingerprint density at radius 1 is 1.38 bits per heavy atom. The minimum Gasteiger partial charge on any atom is -0.450 e. The normalized spacial score (nSPS) is 17.3. The third-order valence-corrected chi connectivity index (χ3v) is 4.82. The number of hydrogen-bond donors (Lipinski definition) is 1. The number of piperidine rings is 1. The highest BCUT2D eigenvalue weighted by molar-refractivity contribution is 6.31. The Morgan fingerprint density at radius 3 is 2.88 bits per heavy atom. The lowest BCUT2D eigenvalue weighted by atomic mass is 9.97. The molecule has 1 aromatic carbocycles. The van der Waals surface area contributed by atoms with Crippen molar-refractivity contribution in [2.24, 2.45) is 11.7 Å². The van der Waals surface area contributed by atoms with Crippen molar-refractivity contribution in [1.29, 1.82) is 0 Å². The average molecular weight is 379 g/mol. The standard InChI is InChI=1S/C18H19ClN2O5/c1-10-13-7-12(19)4-5-14(13)26-16(10)18(24)25-9-15(22)21-6-2-3-11(8-21)17(20)23/h4-5,7,11H,2-3,6,8-9H2,1H3,(H2,20,23)/t11-/m1/s1. The monoisotopic (exact) mass is 378 g/mol. The summed E-state index contributed by atoms with van der Waals surface area (Å²) in [6, 6.07) is 5.04. The van der Waals surface area contributed by atoms with Crippen molar-refractivity contribution in [3.63, 3.8) is 0 Å². The van der Waals surface area contributed by atoms with Crippen LogP contribution >= 0.6 is 11.6 Å². The van der Waals surface area contributed by atoms with Crippen LogP contribution in [0, 0.1) is 12.8 Å². The van der Waals surface area contributed by atoms with Crippen molar-refractivity contribution in [3.05, 3.63) is 34.5 Å². The van der Waals surface area contributed by atoms with E-state index in [1.807, 2.05) is 0 Å². The molecule has 7 nitrogen and oxygen atoms in total. The van der Waals surface area contributed by atoms with Gasteiger partial charge in [0.05, 0.1) is 5.92 Å². The van der Waals surface area contributed by atoms with Crippen molar-refractivity contribution < 1.29 is 23.5 Å².